The number of nitrogens with one attached hydrogen (secondary N) is 1. The van der Waals surface area contributed by atoms with Crippen molar-refractivity contribution in [2.75, 3.05) is 43.4 Å². The Balaban J connectivity index is 1.91. The molecule has 5 nitrogen and oxygen atoms in total. The first-order valence-electron chi connectivity index (χ1n) is 7.53. The van der Waals surface area contributed by atoms with Crippen molar-refractivity contribution in [3.8, 4) is 0 Å². The molecule has 116 valence electrons. The average Bonchev–Trinajstić information content (AvgIpc) is 2.38. The van der Waals surface area contributed by atoms with Gasteiger partial charge in [0.05, 0.1) is 11.9 Å². The van der Waals surface area contributed by atoms with Crippen LogP contribution >= 0.6 is 0 Å². The molecule has 1 saturated heterocycles. The minimum absolute atomic E-state index is 0.0101. The lowest BCUT2D eigenvalue weighted by atomic mass is 9.92. The molecular formula is C16H26N4O. The first-order valence-corrected chi connectivity index (χ1v) is 7.53. The van der Waals surface area contributed by atoms with E-state index in [-0.39, 0.29) is 11.3 Å². The van der Waals surface area contributed by atoms with E-state index in [4.69, 9.17) is 0 Å². The number of hydrogen-bond donors (Lipinski definition) is 1. The van der Waals surface area contributed by atoms with Gasteiger partial charge in [0.15, 0.2) is 0 Å². The molecular weight excluding hydrogens is 264 g/mol. The number of likely N-dealkylation sites (N-methyl/N-ethyl adjacent to an activating group) is 1. The Morgan fingerprint density at radius 1 is 1.24 bits per heavy atom. The number of piperazine rings is 1. The van der Waals surface area contributed by atoms with Crippen LogP contribution in [0.5, 0.6) is 0 Å². The summed E-state index contributed by atoms with van der Waals surface area (Å²) >= 11 is 0. The molecule has 0 saturated carbocycles. The lowest BCUT2D eigenvalue weighted by molar-refractivity contribution is -0.117. The average molecular weight is 290 g/mol. The van der Waals surface area contributed by atoms with Crippen LogP contribution in [0.1, 0.15) is 27.2 Å². The Morgan fingerprint density at radius 3 is 2.43 bits per heavy atom. The first-order chi connectivity index (χ1) is 9.83. The molecule has 0 aliphatic carbocycles. The predicted molar refractivity (Wildman–Crippen MR) is 86.6 cm³/mol. The highest BCUT2D eigenvalue weighted by molar-refractivity contribution is 5.90. The zero-order valence-electron chi connectivity index (χ0n) is 13.5. The van der Waals surface area contributed by atoms with E-state index >= 15 is 0 Å². The zero-order valence-corrected chi connectivity index (χ0v) is 13.5. The van der Waals surface area contributed by atoms with Crippen LogP contribution in [-0.2, 0) is 4.79 Å². The molecule has 1 N–H and O–H groups in total. The molecule has 0 unspecified atom stereocenters. The van der Waals surface area contributed by atoms with Gasteiger partial charge in [-0.05, 0) is 24.6 Å². The Morgan fingerprint density at radius 2 is 1.90 bits per heavy atom. The van der Waals surface area contributed by atoms with Gasteiger partial charge in [0, 0.05) is 32.6 Å². The fraction of sp³-hybridized carbons (Fsp3) is 0.625. The second-order valence-corrected chi connectivity index (χ2v) is 6.98. The van der Waals surface area contributed by atoms with Crippen molar-refractivity contribution in [1.82, 2.24) is 9.88 Å². The van der Waals surface area contributed by atoms with Gasteiger partial charge in [0.25, 0.3) is 0 Å². The van der Waals surface area contributed by atoms with Crippen molar-refractivity contribution in [3.63, 3.8) is 0 Å². The van der Waals surface area contributed by atoms with E-state index in [1.165, 1.54) is 0 Å². The van der Waals surface area contributed by atoms with E-state index in [2.05, 4.69) is 47.9 Å². The number of nitrogens with zero attached hydrogens (tertiary/aromatic N) is 3. The second-order valence-electron chi connectivity index (χ2n) is 6.98. The van der Waals surface area contributed by atoms with Crippen LogP contribution < -0.4 is 10.2 Å². The van der Waals surface area contributed by atoms with Gasteiger partial charge < -0.3 is 15.1 Å². The molecule has 1 fully saturated rings. The van der Waals surface area contributed by atoms with Crippen molar-refractivity contribution in [2.24, 2.45) is 5.41 Å². The van der Waals surface area contributed by atoms with E-state index in [9.17, 15) is 4.79 Å². The third kappa shape index (κ3) is 5.01. The molecule has 1 aliphatic rings. The number of amides is 1. The molecule has 0 radical (unpaired) electrons. The number of anilines is 2. The molecule has 0 aromatic carbocycles. The smallest absolute Gasteiger partial charge is 0.226 e. The molecule has 1 aromatic rings. The van der Waals surface area contributed by atoms with E-state index in [1.807, 2.05) is 18.3 Å². The van der Waals surface area contributed by atoms with E-state index in [0.29, 0.717) is 12.2 Å². The van der Waals surface area contributed by atoms with Crippen molar-refractivity contribution in [2.45, 2.75) is 27.2 Å². The first kappa shape index (κ1) is 15.8. The van der Waals surface area contributed by atoms with Crippen LogP contribution in [0, 0.1) is 5.41 Å². The Hall–Kier alpha value is -1.62. The van der Waals surface area contributed by atoms with Crippen LogP contribution in [0.25, 0.3) is 0 Å². The van der Waals surface area contributed by atoms with E-state index < -0.39 is 0 Å². The molecule has 21 heavy (non-hydrogen) atoms. The van der Waals surface area contributed by atoms with Gasteiger partial charge in [-0.25, -0.2) is 4.98 Å². The van der Waals surface area contributed by atoms with Gasteiger partial charge in [-0.3, -0.25) is 4.79 Å². The molecule has 0 bridgehead atoms. The molecule has 0 spiro atoms. The molecule has 2 heterocycles. The molecule has 2 rings (SSSR count). The molecule has 0 atom stereocenters. The maximum atomic E-state index is 11.9. The fourth-order valence-corrected chi connectivity index (χ4v) is 2.38. The summed E-state index contributed by atoms with van der Waals surface area (Å²) in [6, 6.07) is 3.92. The molecule has 1 aliphatic heterocycles. The summed E-state index contributed by atoms with van der Waals surface area (Å²) in [6.45, 7) is 10.3. The van der Waals surface area contributed by atoms with Crippen LogP contribution in [0.2, 0.25) is 0 Å². The summed E-state index contributed by atoms with van der Waals surface area (Å²) in [5.41, 5.74) is 1.11. The largest absolute Gasteiger partial charge is 0.368 e. The van der Waals surface area contributed by atoms with Crippen LogP contribution in [-0.4, -0.2) is 49.0 Å². The number of carbonyl (C=O) groups excluding carboxylic acids is 1. The third-order valence-electron chi connectivity index (χ3n) is 3.57. The lowest BCUT2D eigenvalue weighted by Crippen LogP contribution is -2.44. The second kappa shape index (κ2) is 6.43. The quantitative estimate of drug-likeness (QED) is 0.927. The van der Waals surface area contributed by atoms with Gasteiger partial charge in [0.1, 0.15) is 5.82 Å². The van der Waals surface area contributed by atoms with Crippen molar-refractivity contribution in [3.05, 3.63) is 18.3 Å². The van der Waals surface area contributed by atoms with E-state index in [1.54, 1.807) is 0 Å². The Bertz CT molecular complexity index is 470. The summed E-state index contributed by atoms with van der Waals surface area (Å²) in [5, 5.41) is 2.86. The summed E-state index contributed by atoms with van der Waals surface area (Å²) < 4.78 is 0. The third-order valence-corrected chi connectivity index (χ3v) is 3.57. The van der Waals surface area contributed by atoms with Gasteiger partial charge in [-0.2, -0.15) is 0 Å². The van der Waals surface area contributed by atoms with Gasteiger partial charge in [-0.15, -0.1) is 0 Å². The van der Waals surface area contributed by atoms with Crippen LogP contribution in [0.15, 0.2) is 18.3 Å². The SMILES string of the molecule is CN1CCN(c2ccc(NC(=O)CC(C)(C)C)nc2)CC1. The van der Waals surface area contributed by atoms with Crippen molar-refractivity contribution < 1.29 is 4.79 Å². The maximum absolute atomic E-state index is 11.9. The normalized spacial score (nSPS) is 16.9. The minimum Gasteiger partial charge on any atom is -0.368 e. The minimum atomic E-state index is -0.0101. The number of hydrogen-bond acceptors (Lipinski definition) is 4. The Kier molecular flexibility index (Phi) is 4.83. The van der Waals surface area contributed by atoms with Crippen LogP contribution in [0.3, 0.4) is 0 Å². The zero-order chi connectivity index (χ0) is 15.5. The van der Waals surface area contributed by atoms with Gasteiger partial charge in [-0.1, -0.05) is 20.8 Å². The highest BCUT2D eigenvalue weighted by atomic mass is 16.1. The summed E-state index contributed by atoms with van der Waals surface area (Å²) in [6.07, 6.45) is 2.34. The molecule has 1 amide bonds. The summed E-state index contributed by atoms with van der Waals surface area (Å²) in [4.78, 5) is 20.9. The lowest BCUT2D eigenvalue weighted by Gasteiger charge is -2.33. The number of carbonyl (C=O) groups is 1. The summed E-state index contributed by atoms with van der Waals surface area (Å²) in [7, 11) is 2.14. The molecule has 5 heteroatoms. The van der Waals surface area contributed by atoms with Crippen LogP contribution in [0.4, 0.5) is 11.5 Å². The fourth-order valence-electron chi connectivity index (χ4n) is 2.38. The Labute approximate surface area is 127 Å². The predicted octanol–water partition coefficient (Wildman–Crippen LogP) is 2.21. The van der Waals surface area contributed by atoms with Crippen molar-refractivity contribution >= 4 is 17.4 Å². The van der Waals surface area contributed by atoms with Gasteiger partial charge >= 0.3 is 0 Å². The number of pyridine rings is 1. The number of rotatable bonds is 3. The van der Waals surface area contributed by atoms with Gasteiger partial charge in [0.2, 0.25) is 5.91 Å². The number of aromatic nitrogens is 1. The monoisotopic (exact) mass is 290 g/mol. The standard InChI is InChI=1S/C16H26N4O/c1-16(2,3)11-15(21)18-14-6-5-13(12-17-14)20-9-7-19(4)8-10-20/h5-6,12H,7-11H2,1-4H3,(H,17,18,21). The van der Waals surface area contributed by atoms with E-state index in [0.717, 1.165) is 31.9 Å². The topological polar surface area (TPSA) is 48.5 Å². The maximum Gasteiger partial charge on any atom is 0.226 e. The highest BCUT2D eigenvalue weighted by Gasteiger charge is 2.17. The van der Waals surface area contributed by atoms with Crippen molar-refractivity contribution in [1.29, 1.82) is 0 Å². The highest BCUT2D eigenvalue weighted by Crippen LogP contribution is 2.20. The molecule has 1 aromatic heterocycles. The summed E-state index contributed by atoms with van der Waals surface area (Å²) in [5.74, 6) is 0.643.